The maximum atomic E-state index is 12.1. The van der Waals surface area contributed by atoms with Crippen LogP contribution in [0.1, 0.15) is 36.1 Å². The quantitative estimate of drug-likeness (QED) is 0.616. The lowest BCUT2D eigenvalue weighted by Crippen LogP contribution is -2.13. The molecule has 0 spiro atoms. The number of nitrogen functional groups attached to an aromatic ring is 1. The Morgan fingerprint density at radius 1 is 1.20 bits per heavy atom. The minimum atomic E-state index is -0.779. The van der Waals surface area contributed by atoms with Gasteiger partial charge in [-0.25, -0.2) is 19.4 Å². The van der Waals surface area contributed by atoms with Crippen LogP contribution >= 0.6 is 22.9 Å². The molecule has 8 nitrogen and oxygen atoms in total. The van der Waals surface area contributed by atoms with E-state index in [0.29, 0.717) is 5.02 Å². The van der Waals surface area contributed by atoms with Crippen molar-refractivity contribution in [3.05, 3.63) is 45.1 Å². The minimum Gasteiger partial charge on any atom is -0.465 e. The number of ether oxygens (including phenoxy) is 3. The highest BCUT2D eigenvalue weighted by molar-refractivity contribution is 7.18. The molecule has 25 heavy (non-hydrogen) atoms. The lowest BCUT2D eigenvalue weighted by Gasteiger charge is -2.07. The van der Waals surface area contributed by atoms with Crippen LogP contribution in [0.2, 0.25) is 5.02 Å². The van der Waals surface area contributed by atoms with E-state index in [4.69, 9.17) is 22.1 Å². The van der Waals surface area contributed by atoms with Gasteiger partial charge in [-0.3, -0.25) is 0 Å². The van der Waals surface area contributed by atoms with Gasteiger partial charge in [0.25, 0.3) is 0 Å². The van der Waals surface area contributed by atoms with Crippen molar-refractivity contribution >= 4 is 45.8 Å². The van der Waals surface area contributed by atoms with Crippen LogP contribution in [0, 0.1) is 0 Å². The van der Waals surface area contributed by atoms with E-state index in [1.54, 1.807) is 0 Å². The van der Waals surface area contributed by atoms with Gasteiger partial charge in [0, 0.05) is 16.8 Å². The van der Waals surface area contributed by atoms with Gasteiger partial charge in [-0.2, -0.15) is 0 Å². The first kappa shape index (κ1) is 18.7. The maximum absolute atomic E-state index is 12.1. The van der Waals surface area contributed by atoms with Gasteiger partial charge in [0.2, 0.25) is 0 Å². The standard InChI is InChI=1S/C15H13ClN2O6S/c1-22-14(20)10-8(11(15(21)23-2)25-12(10)17)6-24-13(19)9-5-7(16)3-4-18-9/h3-5H,6,17H2,1-2H3. The lowest BCUT2D eigenvalue weighted by molar-refractivity contribution is 0.0446. The van der Waals surface area contributed by atoms with E-state index in [9.17, 15) is 14.4 Å². The number of rotatable bonds is 5. The third-order valence-electron chi connectivity index (χ3n) is 3.07. The number of pyridine rings is 1. The van der Waals surface area contributed by atoms with E-state index in [2.05, 4.69) is 14.5 Å². The first-order valence-electron chi connectivity index (χ1n) is 6.75. The molecule has 0 aliphatic heterocycles. The van der Waals surface area contributed by atoms with Crippen molar-refractivity contribution in [1.29, 1.82) is 0 Å². The van der Waals surface area contributed by atoms with Crippen molar-refractivity contribution in [1.82, 2.24) is 4.98 Å². The monoisotopic (exact) mass is 384 g/mol. The molecule has 0 aromatic carbocycles. The number of nitrogens with two attached hydrogens (primary N) is 1. The van der Waals surface area contributed by atoms with Crippen LogP contribution in [0.25, 0.3) is 0 Å². The van der Waals surface area contributed by atoms with Crippen molar-refractivity contribution in [2.24, 2.45) is 0 Å². The third kappa shape index (κ3) is 4.06. The maximum Gasteiger partial charge on any atom is 0.357 e. The predicted molar refractivity (Wildman–Crippen MR) is 89.8 cm³/mol. The van der Waals surface area contributed by atoms with E-state index >= 15 is 0 Å². The zero-order valence-corrected chi connectivity index (χ0v) is 14.8. The molecule has 2 heterocycles. The number of thiophene rings is 1. The molecule has 0 saturated heterocycles. The summed E-state index contributed by atoms with van der Waals surface area (Å²) in [5.41, 5.74) is 5.84. The van der Waals surface area contributed by atoms with Crippen LogP contribution in [0.15, 0.2) is 18.3 Å². The Morgan fingerprint density at radius 2 is 1.88 bits per heavy atom. The highest BCUT2D eigenvalue weighted by Crippen LogP contribution is 2.33. The van der Waals surface area contributed by atoms with E-state index in [1.165, 1.54) is 32.5 Å². The summed E-state index contributed by atoms with van der Waals surface area (Å²) in [6, 6.07) is 2.83. The third-order valence-corrected chi connectivity index (χ3v) is 4.35. The molecule has 0 atom stereocenters. The summed E-state index contributed by atoms with van der Waals surface area (Å²) in [6.45, 7) is -0.393. The molecule has 2 aromatic rings. The van der Waals surface area contributed by atoms with Crippen LogP contribution in [-0.2, 0) is 20.8 Å². The van der Waals surface area contributed by atoms with Crippen LogP contribution in [0.3, 0.4) is 0 Å². The molecule has 10 heteroatoms. The number of esters is 3. The molecule has 0 unspecified atom stereocenters. The topological polar surface area (TPSA) is 118 Å². The number of carbonyl (C=O) groups excluding carboxylic acids is 3. The first-order valence-corrected chi connectivity index (χ1v) is 7.95. The molecule has 0 bridgehead atoms. The summed E-state index contributed by atoms with van der Waals surface area (Å²) >= 11 is 6.64. The fourth-order valence-corrected chi connectivity index (χ4v) is 3.07. The number of halogens is 1. The molecule has 132 valence electrons. The minimum absolute atomic E-state index is 0.0186. The molecule has 0 amide bonds. The highest BCUT2D eigenvalue weighted by Gasteiger charge is 2.28. The average Bonchev–Trinajstić information content (AvgIpc) is 2.94. The lowest BCUT2D eigenvalue weighted by atomic mass is 10.1. The normalized spacial score (nSPS) is 10.2. The molecule has 0 aliphatic rings. The van der Waals surface area contributed by atoms with Gasteiger partial charge >= 0.3 is 17.9 Å². The molecule has 0 aliphatic carbocycles. The zero-order chi connectivity index (χ0) is 18.6. The predicted octanol–water partition coefficient (Wildman–Crippen LogP) is 2.31. The van der Waals surface area contributed by atoms with Gasteiger partial charge in [-0.15, -0.1) is 11.3 Å². The molecular weight excluding hydrogens is 372 g/mol. The molecule has 2 N–H and O–H groups in total. The highest BCUT2D eigenvalue weighted by atomic mass is 35.5. The second-order valence-corrected chi connectivity index (χ2v) is 6.06. The Hall–Kier alpha value is -2.65. The molecular formula is C15H13ClN2O6S. The fraction of sp³-hybridized carbons (Fsp3) is 0.200. The number of carbonyl (C=O) groups is 3. The van der Waals surface area contributed by atoms with Gasteiger partial charge in [-0.1, -0.05) is 11.6 Å². The average molecular weight is 385 g/mol. The second kappa shape index (κ2) is 7.95. The number of methoxy groups -OCH3 is 2. The molecule has 0 fully saturated rings. The number of aromatic nitrogens is 1. The van der Waals surface area contributed by atoms with Crippen LogP contribution in [-0.4, -0.2) is 37.1 Å². The van der Waals surface area contributed by atoms with E-state index in [-0.39, 0.29) is 26.7 Å². The number of hydrogen-bond donors (Lipinski definition) is 1. The van der Waals surface area contributed by atoms with Crippen molar-refractivity contribution in [3.8, 4) is 0 Å². The summed E-state index contributed by atoms with van der Waals surface area (Å²) < 4.78 is 14.4. The molecule has 2 aromatic heterocycles. The summed E-state index contributed by atoms with van der Waals surface area (Å²) in [4.78, 5) is 39.8. The Bertz CT molecular complexity index is 835. The first-order chi connectivity index (χ1) is 11.9. The number of anilines is 1. The Balaban J connectivity index is 2.32. The second-order valence-electron chi connectivity index (χ2n) is 4.57. The fourth-order valence-electron chi connectivity index (χ4n) is 1.93. The SMILES string of the molecule is COC(=O)c1sc(N)c(C(=O)OC)c1COC(=O)c1cc(Cl)ccn1. The molecule has 2 rings (SSSR count). The zero-order valence-electron chi connectivity index (χ0n) is 13.2. The van der Waals surface area contributed by atoms with E-state index < -0.39 is 24.5 Å². The van der Waals surface area contributed by atoms with E-state index in [0.717, 1.165) is 11.3 Å². The van der Waals surface area contributed by atoms with Crippen molar-refractivity contribution in [2.75, 3.05) is 20.0 Å². The van der Waals surface area contributed by atoms with Gasteiger partial charge in [-0.05, 0) is 12.1 Å². The van der Waals surface area contributed by atoms with Crippen LogP contribution in [0.5, 0.6) is 0 Å². The summed E-state index contributed by atoms with van der Waals surface area (Å²) in [6.07, 6.45) is 1.35. The van der Waals surface area contributed by atoms with E-state index in [1.807, 2.05) is 0 Å². The van der Waals surface area contributed by atoms with Crippen molar-refractivity contribution < 1.29 is 28.6 Å². The Morgan fingerprint density at radius 3 is 2.48 bits per heavy atom. The van der Waals surface area contributed by atoms with Crippen LogP contribution in [0.4, 0.5) is 5.00 Å². The van der Waals surface area contributed by atoms with Gasteiger partial charge in [0.1, 0.15) is 27.7 Å². The number of nitrogens with zero attached hydrogens (tertiary/aromatic N) is 1. The Labute approximate surface area is 151 Å². The van der Waals surface area contributed by atoms with Gasteiger partial charge < -0.3 is 19.9 Å². The van der Waals surface area contributed by atoms with Crippen LogP contribution < -0.4 is 5.73 Å². The van der Waals surface area contributed by atoms with Crippen molar-refractivity contribution in [3.63, 3.8) is 0 Å². The van der Waals surface area contributed by atoms with Gasteiger partial charge in [0.15, 0.2) is 0 Å². The summed E-state index contributed by atoms with van der Waals surface area (Å²) in [5, 5.41) is 0.367. The Kier molecular flexibility index (Phi) is 5.94. The van der Waals surface area contributed by atoms with Crippen molar-refractivity contribution in [2.45, 2.75) is 6.61 Å². The largest absolute Gasteiger partial charge is 0.465 e. The summed E-state index contributed by atoms with van der Waals surface area (Å²) in [5.74, 6) is -2.24. The number of hydrogen-bond acceptors (Lipinski definition) is 9. The molecule has 0 saturated carbocycles. The smallest absolute Gasteiger partial charge is 0.357 e. The van der Waals surface area contributed by atoms with Gasteiger partial charge in [0.05, 0.1) is 14.2 Å². The molecule has 0 radical (unpaired) electrons. The summed E-state index contributed by atoms with van der Waals surface area (Å²) in [7, 11) is 2.35.